The number of carboxylic acids is 1. The van der Waals surface area contributed by atoms with Crippen molar-refractivity contribution in [2.75, 3.05) is 6.61 Å². The second-order valence-corrected chi connectivity index (χ2v) is 2.92. The first kappa shape index (κ1) is 12.1. The normalized spacial score (nSPS) is 12.5. The molecule has 0 aromatic heterocycles. The summed E-state index contributed by atoms with van der Waals surface area (Å²) in [7, 11) is 0. The zero-order valence-electron chi connectivity index (χ0n) is 7.57. The lowest BCUT2D eigenvalue weighted by Gasteiger charge is -2.09. The summed E-state index contributed by atoms with van der Waals surface area (Å²) >= 11 is 0. The molecule has 76 valence electrons. The van der Waals surface area contributed by atoms with Crippen LogP contribution < -0.4 is 0 Å². The number of carbonyl (C=O) groups is 1. The van der Waals surface area contributed by atoms with Crippen LogP contribution in [0.2, 0.25) is 0 Å². The molecule has 13 heavy (non-hydrogen) atoms. The van der Waals surface area contributed by atoms with Crippen molar-refractivity contribution in [1.29, 1.82) is 0 Å². The van der Waals surface area contributed by atoms with E-state index in [1.165, 1.54) is 0 Å². The van der Waals surface area contributed by atoms with Gasteiger partial charge in [0.15, 0.2) is 0 Å². The van der Waals surface area contributed by atoms with Crippen LogP contribution in [0.4, 0.5) is 0 Å². The predicted octanol–water partition coefficient (Wildman–Crippen LogP) is 0.541. The van der Waals surface area contributed by atoms with Crippen molar-refractivity contribution in [3.05, 3.63) is 12.2 Å². The molecule has 0 saturated carbocycles. The highest BCUT2D eigenvalue weighted by Crippen LogP contribution is 2.09. The topological polar surface area (TPSA) is 77.8 Å². The maximum atomic E-state index is 10.3. The Bertz CT molecular complexity index is 176. The van der Waals surface area contributed by atoms with Gasteiger partial charge in [0, 0.05) is 6.61 Å². The van der Waals surface area contributed by atoms with E-state index >= 15 is 0 Å². The van der Waals surface area contributed by atoms with Crippen LogP contribution in [-0.2, 0) is 4.79 Å². The Labute approximate surface area is 77.5 Å². The molecule has 3 N–H and O–H groups in total. The average Bonchev–Trinajstić information content (AvgIpc) is 2.10. The van der Waals surface area contributed by atoms with Crippen LogP contribution in [0.1, 0.15) is 25.7 Å². The van der Waals surface area contributed by atoms with Gasteiger partial charge in [-0.1, -0.05) is 19.4 Å². The number of rotatable bonds is 7. The van der Waals surface area contributed by atoms with E-state index in [-0.39, 0.29) is 12.2 Å². The van der Waals surface area contributed by atoms with E-state index in [4.69, 9.17) is 10.2 Å². The van der Waals surface area contributed by atoms with Gasteiger partial charge in [0.2, 0.25) is 0 Å². The van der Waals surface area contributed by atoms with Crippen molar-refractivity contribution >= 4 is 5.97 Å². The van der Waals surface area contributed by atoms with Crippen molar-refractivity contribution in [2.45, 2.75) is 31.8 Å². The Hall–Kier alpha value is -0.870. The summed E-state index contributed by atoms with van der Waals surface area (Å²) < 4.78 is 0. The lowest BCUT2D eigenvalue weighted by Crippen LogP contribution is -2.16. The van der Waals surface area contributed by atoms with E-state index in [1.807, 2.05) is 0 Å². The summed E-state index contributed by atoms with van der Waals surface area (Å²) in [6.45, 7) is 3.39. The Morgan fingerprint density at radius 3 is 2.38 bits per heavy atom. The van der Waals surface area contributed by atoms with Gasteiger partial charge >= 0.3 is 5.97 Å². The zero-order chi connectivity index (χ0) is 10.3. The molecule has 0 spiro atoms. The van der Waals surface area contributed by atoms with Gasteiger partial charge in [0.1, 0.15) is 0 Å². The summed E-state index contributed by atoms with van der Waals surface area (Å²) in [5.74, 6) is -1.16. The van der Waals surface area contributed by atoms with Crippen LogP contribution in [0, 0.1) is 0 Å². The van der Waals surface area contributed by atoms with Gasteiger partial charge in [-0.05, 0) is 12.8 Å². The lowest BCUT2D eigenvalue weighted by molar-refractivity contribution is -0.133. The molecule has 0 bridgehead atoms. The molecule has 0 aromatic carbocycles. The molecule has 0 fully saturated rings. The fraction of sp³-hybridized carbons (Fsp3) is 0.667. The molecule has 0 saturated heterocycles. The first-order valence-electron chi connectivity index (χ1n) is 4.30. The van der Waals surface area contributed by atoms with Gasteiger partial charge in [-0.25, -0.2) is 4.79 Å². The largest absolute Gasteiger partial charge is 0.478 e. The first-order chi connectivity index (χ1) is 6.09. The van der Waals surface area contributed by atoms with Crippen molar-refractivity contribution < 1.29 is 20.1 Å². The van der Waals surface area contributed by atoms with Crippen LogP contribution in [0.15, 0.2) is 12.2 Å². The molecule has 0 aliphatic heterocycles. The van der Waals surface area contributed by atoms with Crippen LogP contribution in [-0.4, -0.2) is 34.0 Å². The maximum Gasteiger partial charge on any atom is 0.333 e. The quantitative estimate of drug-likeness (QED) is 0.402. The molecule has 0 aliphatic rings. The molecule has 0 rings (SSSR count). The molecule has 0 aliphatic carbocycles. The van der Waals surface area contributed by atoms with E-state index in [0.717, 1.165) is 6.42 Å². The minimum atomic E-state index is -1.16. The smallest absolute Gasteiger partial charge is 0.333 e. The summed E-state index contributed by atoms with van der Waals surface area (Å²) in [4.78, 5) is 10.3. The fourth-order valence-electron chi connectivity index (χ4n) is 0.943. The molecular formula is C9H16O4. The van der Waals surface area contributed by atoms with E-state index in [1.54, 1.807) is 0 Å². The Balaban J connectivity index is 3.56. The number of carboxylic acid groups (broad SMARTS) is 1. The van der Waals surface area contributed by atoms with Crippen molar-refractivity contribution in [3.63, 3.8) is 0 Å². The van der Waals surface area contributed by atoms with Crippen LogP contribution >= 0.6 is 0 Å². The molecule has 0 heterocycles. The van der Waals surface area contributed by atoms with Gasteiger partial charge in [-0.3, -0.25) is 0 Å². The fourth-order valence-corrected chi connectivity index (χ4v) is 0.943. The number of aliphatic hydroxyl groups excluding tert-OH is 2. The standard InChI is InChI=1S/C9H16O4/c1-7(9(12)13)8(11)5-3-2-4-6-10/h8,10-11H,1-6H2,(H,12,13). The first-order valence-corrected chi connectivity index (χ1v) is 4.30. The van der Waals surface area contributed by atoms with Gasteiger partial charge in [0.05, 0.1) is 11.7 Å². The predicted molar refractivity (Wildman–Crippen MR) is 48.3 cm³/mol. The Morgan fingerprint density at radius 2 is 1.92 bits per heavy atom. The monoisotopic (exact) mass is 188 g/mol. The molecule has 0 aromatic rings. The minimum Gasteiger partial charge on any atom is -0.478 e. The SMILES string of the molecule is C=C(C(=O)O)C(O)CCCCCO. The minimum absolute atomic E-state index is 0.135. The average molecular weight is 188 g/mol. The van der Waals surface area contributed by atoms with Crippen LogP contribution in [0.3, 0.4) is 0 Å². The van der Waals surface area contributed by atoms with Crippen molar-refractivity contribution in [1.82, 2.24) is 0 Å². The van der Waals surface area contributed by atoms with Gasteiger partial charge in [0.25, 0.3) is 0 Å². The van der Waals surface area contributed by atoms with Gasteiger partial charge in [-0.2, -0.15) is 0 Å². The number of hydrogen-bond acceptors (Lipinski definition) is 3. The third kappa shape index (κ3) is 5.38. The number of unbranched alkanes of at least 4 members (excludes halogenated alkanes) is 2. The molecular weight excluding hydrogens is 172 g/mol. The molecule has 4 heteroatoms. The van der Waals surface area contributed by atoms with Crippen LogP contribution in [0.5, 0.6) is 0 Å². The molecule has 1 atom stereocenters. The van der Waals surface area contributed by atoms with Crippen molar-refractivity contribution in [2.24, 2.45) is 0 Å². The second-order valence-electron chi connectivity index (χ2n) is 2.92. The highest BCUT2D eigenvalue weighted by Gasteiger charge is 2.14. The lowest BCUT2D eigenvalue weighted by atomic mass is 10.0. The van der Waals surface area contributed by atoms with Crippen LogP contribution in [0.25, 0.3) is 0 Å². The second kappa shape index (κ2) is 6.62. The van der Waals surface area contributed by atoms with E-state index in [0.29, 0.717) is 19.3 Å². The number of hydrogen-bond donors (Lipinski definition) is 3. The summed E-state index contributed by atoms with van der Waals surface area (Å²) in [6.07, 6.45) is 1.61. The summed E-state index contributed by atoms with van der Waals surface area (Å²) in [5.41, 5.74) is -0.163. The van der Waals surface area contributed by atoms with E-state index in [2.05, 4.69) is 6.58 Å². The molecule has 0 radical (unpaired) electrons. The summed E-state index contributed by atoms with van der Waals surface area (Å²) in [6, 6.07) is 0. The highest BCUT2D eigenvalue weighted by molar-refractivity contribution is 5.86. The molecule has 0 amide bonds. The maximum absolute atomic E-state index is 10.3. The third-order valence-corrected chi connectivity index (χ3v) is 1.81. The Morgan fingerprint density at radius 1 is 1.31 bits per heavy atom. The summed E-state index contributed by atoms with van der Waals surface area (Å²) in [5, 5.41) is 26.2. The third-order valence-electron chi connectivity index (χ3n) is 1.81. The molecule has 4 nitrogen and oxygen atoms in total. The van der Waals surface area contributed by atoms with Gasteiger partial charge in [-0.15, -0.1) is 0 Å². The van der Waals surface area contributed by atoms with Gasteiger partial charge < -0.3 is 15.3 Å². The number of aliphatic carboxylic acids is 1. The van der Waals surface area contributed by atoms with Crippen molar-refractivity contribution in [3.8, 4) is 0 Å². The van der Waals surface area contributed by atoms with E-state index in [9.17, 15) is 9.90 Å². The highest BCUT2D eigenvalue weighted by atomic mass is 16.4. The Kier molecular flexibility index (Phi) is 6.18. The van der Waals surface area contributed by atoms with E-state index < -0.39 is 12.1 Å². The zero-order valence-corrected chi connectivity index (χ0v) is 7.57. The molecule has 1 unspecified atom stereocenters. The number of aliphatic hydroxyl groups is 2.